The number of amides is 1. The fourth-order valence-corrected chi connectivity index (χ4v) is 5.29. The van der Waals surface area contributed by atoms with Crippen molar-refractivity contribution in [1.29, 1.82) is 0 Å². The number of aryl methyl sites for hydroxylation is 1. The first-order valence-corrected chi connectivity index (χ1v) is 12.8. The number of likely N-dealkylation sites (tertiary alicyclic amines) is 1. The summed E-state index contributed by atoms with van der Waals surface area (Å²) in [7, 11) is 1.72. The SMILES string of the molecule is COc1ccccc1CN1CCCc2c(C)nc([C@H]3CCCN3CC(=O)NCc3ccccn3)nc21. The lowest BCUT2D eigenvalue weighted by Gasteiger charge is -2.32. The maximum Gasteiger partial charge on any atom is 0.234 e. The number of nitrogens with zero attached hydrogens (tertiary/aromatic N) is 5. The van der Waals surface area contributed by atoms with Gasteiger partial charge < -0.3 is 15.0 Å². The number of fused-ring (bicyclic) bond motifs is 1. The van der Waals surface area contributed by atoms with Gasteiger partial charge >= 0.3 is 0 Å². The Hall–Kier alpha value is -3.52. The molecule has 188 valence electrons. The number of anilines is 1. The summed E-state index contributed by atoms with van der Waals surface area (Å²) >= 11 is 0. The first-order chi connectivity index (χ1) is 17.6. The van der Waals surface area contributed by atoms with Crippen LogP contribution in [0.2, 0.25) is 0 Å². The van der Waals surface area contributed by atoms with Gasteiger partial charge in [0.05, 0.1) is 31.9 Å². The molecule has 1 aromatic carbocycles. The summed E-state index contributed by atoms with van der Waals surface area (Å²) in [4.78, 5) is 31.7. The Bertz CT molecular complexity index is 1200. The maximum atomic E-state index is 12.7. The van der Waals surface area contributed by atoms with Crippen LogP contribution in [0.25, 0.3) is 0 Å². The number of nitrogens with one attached hydrogen (secondary N) is 1. The van der Waals surface area contributed by atoms with Crippen molar-refractivity contribution >= 4 is 11.7 Å². The molecule has 0 bridgehead atoms. The number of para-hydroxylation sites is 1. The smallest absolute Gasteiger partial charge is 0.234 e. The summed E-state index contributed by atoms with van der Waals surface area (Å²) in [5.74, 6) is 2.75. The first-order valence-electron chi connectivity index (χ1n) is 12.8. The van der Waals surface area contributed by atoms with Crippen LogP contribution in [0, 0.1) is 6.92 Å². The molecule has 0 aliphatic carbocycles. The van der Waals surface area contributed by atoms with Crippen LogP contribution in [0.3, 0.4) is 0 Å². The van der Waals surface area contributed by atoms with Gasteiger partial charge in [-0.2, -0.15) is 0 Å². The average Bonchev–Trinajstić information content (AvgIpc) is 3.37. The van der Waals surface area contributed by atoms with E-state index in [-0.39, 0.29) is 11.9 Å². The van der Waals surface area contributed by atoms with E-state index in [9.17, 15) is 4.79 Å². The van der Waals surface area contributed by atoms with Gasteiger partial charge in [0.2, 0.25) is 5.91 Å². The Morgan fingerprint density at radius 2 is 1.97 bits per heavy atom. The van der Waals surface area contributed by atoms with Crippen molar-refractivity contribution in [2.45, 2.75) is 51.7 Å². The highest BCUT2D eigenvalue weighted by Crippen LogP contribution is 2.35. The Balaban J connectivity index is 1.33. The molecule has 1 saturated heterocycles. The monoisotopic (exact) mass is 486 g/mol. The predicted octanol–water partition coefficient (Wildman–Crippen LogP) is 3.59. The zero-order valence-corrected chi connectivity index (χ0v) is 21.1. The number of carbonyl (C=O) groups is 1. The first kappa shape index (κ1) is 24.2. The zero-order valence-electron chi connectivity index (χ0n) is 21.1. The van der Waals surface area contributed by atoms with Crippen LogP contribution < -0.4 is 15.0 Å². The molecule has 0 unspecified atom stereocenters. The fraction of sp³-hybridized carbons (Fsp3) is 0.429. The van der Waals surface area contributed by atoms with E-state index in [1.807, 2.05) is 30.3 Å². The summed E-state index contributed by atoms with van der Waals surface area (Å²) in [5, 5.41) is 3.00. The quantitative estimate of drug-likeness (QED) is 0.521. The van der Waals surface area contributed by atoms with Crippen LogP contribution >= 0.6 is 0 Å². The van der Waals surface area contributed by atoms with Gasteiger partial charge in [-0.05, 0) is 57.4 Å². The third kappa shape index (κ3) is 5.33. The molecule has 36 heavy (non-hydrogen) atoms. The van der Waals surface area contributed by atoms with Gasteiger partial charge in [-0.3, -0.25) is 14.7 Å². The maximum absolute atomic E-state index is 12.7. The minimum atomic E-state index is 0.0000316. The highest BCUT2D eigenvalue weighted by molar-refractivity contribution is 5.78. The van der Waals surface area contributed by atoms with Gasteiger partial charge in [-0.25, -0.2) is 9.97 Å². The molecule has 4 heterocycles. The van der Waals surface area contributed by atoms with Gasteiger partial charge in [0.1, 0.15) is 17.4 Å². The van der Waals surface area contributed by atoms with Crippen molar-refractivity contribution < 1.29 is 9.53 Å². The summed E-state index contributed by atoms with van der Waals surface area (Å²) < 4.78 is 5.59. The van der Waals surface area contributed by atoms with Gasteiger partial charge in [0.15, 0.2) is 0 Å². The van der Waals surface area contributed by atoms with Crippen molar-refractivity contribution in [3.05, 3.63) is 77.0 Å². The van der Waals surface area contributed by atoms with Gasteiger partial charge in [-0.15, -0.1) is 0 Å². The minimum Gasteiger partial charge on any atom is -0.496 e. The molecule has 1 atom stereocenters. The normalized spacial score (nSPS) is 17.6. The largest absolute Gasteiger partial charge is 0.496 e. The lowest BCUT2D eigenvalue weighted by atomic mass is 10.0. The number of rotatable bonds is 8. The molecule has 1 N–H and O–H groups in total. The van der Waals surface area contributed by atoms with Crippen molar-refractivity contribution in [2.24, 2.45) is 0 Å². The number of pyridine rings is 1. The van der Waals surface area contributed by atoms with E-state index in [4.69, 9.17) is 14.7 Å². The van der Waals surface area contributed by atoms with Gasteiger partial charge in [0.25, 0.3) is 0 Å². The lowest BCUT2D eigenvalue weighted by molar-refractivity contribution is -0.122. The summed E-state index contributed by atoms with van der Waals surface area (Å²) in [6.07, 6.45) is 5.80. The molecule has 3 aromatic rings. The molecular weight excluding hydrogens is 452 g/mol. The average molecular weight is 487 g/mol. The third-order valence-corrected chi connectivity index (χ3v) is 7.12. The summed E-state index contributed by atoms with van der Waals surface area (Å²) in [6.45, 7) is 5.43. The number of methoxy groups -OCH3 is 1. The summed E-state index contributed by atoms with van der Waals surface area (Å²) in [6, 6.07) is 13.9. The van der Waals surface area contributed by atoms with E-state index in [0.717, 1.165) is 79.7 Å². The standard InChI is InChI=1S/C28H34N6O2/c1-20-23-11-7-16-34(18-21-9-3-4-13-25(21)36-2)28(23)32-27(31-20)24-12-8-15-33(24)19-26(35)30-17-22-10-5-6-14-29-22/h3-6,9-10,13-14,24H,7-8,11-12,15-19H2,1-2H3,(H,30,35)/t24-/m1/s1. The molecule has 1 amide bonds. The molecule has 2 aromatic heterocycles. The van der Waals surface area contributed by atoms with Crippen LogP contribution in [0.4, 0.5) is 5.82 Å². The zero-order chi connectivity index (χ0) is 24.9. The molecule has 0 saturated carbocycles. The Morgan fingerprint density at radius 3 is 2.81 bits per heavy atom. The lowest BCUT2D eigenvalue weighted by Crippen LogP contribution is -2.37. The van der Waals surface area contributed by atoms with E-state index in [2.05, 4.69) is 39.2 Å². The van der Waals surface area contributed by atoms with Crippen molar-refractivity contribution in [1.82, 2.24) is 25.2 Å². The number of carbonyl (C=O) groups excluding carboxylic acids is 1. The topological polar surface area (TPSA) is 83.5 Å². The third-order valence-electron chi connectivity index (χ3n) is 7.12. The van der Waals surface area contributed by atoms with Crippen molar-refractivity contribution in [3.8, 4) is 5.75 Å². The molecule has 2 aliphatic rings. The second kappa shape index (κ2) is 11.0. The number of aromatic nitrogens is 3. The van der Waals surface area contributed by atoms with E-state index in [1.54, 1.807) is 13.3 Å². The Labute approximate surface area is 212 Å². The second-order valence-electron chi connectivity index (χ2n) is 9.53. The van der Waals surface area contributed by atoms with E-state index in [1.165, 1.54) is 5.56 Å². The molecule has 2 aliphatic heterocycles. The van der Waals surface area contributed by atoms with Gasteiger partial charge in [-0.1, -0.05) is 24.3 Å². The number of hydrogen-bond acceptors (Lipinski definition) is 7. The van der Waals surface area contributed by atoms with Crippen molar-refractivity contribution in [2.75, 3.05) is 31.6 Å². The van der Waals surface area contributed by atoms with Gasteiger partial charge in [0, 0.05) is 36.1 Å². The number of benzene rings is 1. The fourth-order valence-electron chi connectivity index (χ4n) is 5.29. The van der Waals surface area contributed by atoms with E-state index < -0.39 is 0 Å². The second-order valence-corrected chi connectivity index (χ2v) is 9.53. The molecule has 8 nitrogen and oxygen atoms in total. The molecule has 0 radical (unpaired) electrons. The Morgan fingerprint density at radius 1 is 1.11 bits per heavy atom. The minimum absolute atomic E-state index is 0.0000316. The summed E-state index contributed by atoms with van der Waals surface area (Å²) in [5.41, 5.74) is 4.29. The van der Waals surface area contributed by atoms with Crippen LogP contribution in [-0.2, 0) is 24.3 Å². The van der Waals surface area contributed by atoms with Crippen LogP contribution in [0.15, 0.2) is 48.7 Å². The van der Waals surface area contributed by atoms with Crippen LogP contribution in [0.1, 0.15) is 53.6 Å². The molecular formula is C28H34N6O2. The molecule has 8 heteroatoms. The highest BCUT2D eigenvalue weighted by Gasteiger charge is 2.32. The van der Waals surface area contributed by atoms with E-state index in [0.29, 0.717) is 13.1 Å². The molecule has 5 rings (SSSR count). The highest BCUT2D eigenvalue weighted by atomic mass is 16.5. The Kier molecular flexibility index (Phi) is 7.41. The van der Waals surface area contributed by atoms with Crippen LogP contribution in [0.5, 0.6) is 5.75 Å². The van der Waals surface area contributed by atoms with Crippen LogP contribution in [-0.4, -0.2) is 52.5 Å². The number of hydrogen-bond donors (Lipinski definition) is 1. The van der Waals surface area contributed by atoms with E-state index >= 15 is 0 Å². The number of ether oxygens (including phenoxy) is 1. The molecule has 1 fully saturated rings. The van der Waals surface area contributed by atoms with Crippen molar-refractivity contribution in [3.63, 3.8) is 0 Å². The molecule has 0 spiro atoms. The predicted molar refractivity (Wildman–Crippen MR) is 139 cm³/mol.